The highest BCUT2D eigenvalue weighted by atomic mass is 16.1. The molecule has 0 aromatic heterocycles. The molecule has 1 aromatic carbocycles. The molecule has 3 nitrogen and oxygen atoms in total. The van der Waals surface area contributed by atoms with E-state index in [-0.39, 0.29) is 5.91 Å². The van der Waals surface area contributed by atoms with Crippen LogP contribution in [-0.2, 0) is 4.79 Å². The Bertz CT molecular complexity index is 442. The number of carbonyl (C=O) groups is 2. The summed E-state index contributed by atoms with van der Waals surface area (Å²) in [5, 5.41) is 2.93. The van der Waals surface area contributed by atoms with Crippen LogP contribution in [0.3, 0.4) is 0 Å². The summed E-state index contributed by atoms with van der Waals surface area (Å²) in [6.45, 7) is 2.89. The number of ketones is 1. The van der Waals surface area contributed by atoms with Crippen molar-refractivity contribution < 1.29 is 9.59 Å². The zero-order valence-corrected chi connectivity index (χ0v) is 14.5. The predicted octanol–water partition coefficient (Wildman–Crippen LogP) is 4.91. The van der Waals surface area contributed by atoms with E-state index in [9.17, 15) is 9.59 Å². The lowest BCUT2D eigenvalue weighted by Gasteiger charge is -2.05. The molecule has 23 heavy (non-hydrogen) atoms. The van der Waals surface area contributed by atoms with E-state index >= 15 is 0 Å². The molecule has 1 amide bonds. The number of nitrogens with one attached hydrogen (secondary N) is 1. The molecule has 0 unspecified atom stereocenters. The van der Waals surface area contributed by atoms with Crippen LogP contribution in [0.15, 0.2) is 30.3 Å². The highest BCUT2D eigenvalue weighted by Gasteiger charge is 2.03. The lowest BCUT2D eigenvalue weighted by molar-refractivity contribution is -0.119. The van der Waals surface area contributed by atoms with E-state index in [4.69, 9.17) is 0 Å². The monoisotopic (exact) mass is 317 g/mol. The SMILES string of the molecule is CCCCCCC(=O)CCCCCCNC(=O)c1ccccc1. The maximum atomic E-state index is 11.8. The summed E-state index contributed by atoms with van der Waals surface area (Å²) in [4.78, 5) is 23.5. The van der Waals surface area contributed by atoms with E-state index in [0.717, 1.165) is 44.9 Å². The summed E-state index contributed by atoms with van der Waals surface area (Å²) in [7, 11) is 0. The third kappa shape index (κ3) is 9.88. The number of hydrogen-bond donors (Lipinski definition) is 1. The summed E-state index contributed by atoms with van der Waals surface area (Å²) in [5.74, 6) is 0.409. The van der Waals surface area contributed by atoms with Crippen molar-refractivity contribution in [1.29, 1.82) is 0 Å². The average Bonchev–Trinajstić information content (AvgIpc) is 2.58. The fourth-order valence-corrected chi connectivity index (χ4v) is 2.57. The Morgan fingerprint density at radius 2 is 1.43 bits per heavy atom. The molecule has 0 aliphatic rings. The zero-order valence-electron chi connectivity index (χ0n) is 14.5. The summed E-state index contributed by atoms with van der Waals surface area (Å²) < 4.78 is 0. The minimum Gasteiger partial charge on any atom is -0.352 e. The molecule has 0 saturated heterocycles. The highest BCUT2D eigenvalue weighted by Crippen LogP contribution is 2.08. The Labute approximate surface area is 140 Å². The normalized spacial score (nSPS) is 10.5. The van der Waals surface area contributed by atoms with Crippen molar-refractivity contribution in [2.24, 2.45) is 0 Å². The Morgan fingerprint density at radius 1 is 0.826 bits per heavy atom. The molecule has 128 valence electrons. The fourth-order valence-electron chi connectivity index (χ4n) is 2.57. The van der Waals surface area contributed by atoms with Crippen LogP contribution in [-0.4, -0.2) is 18.2 Å². The summed E-state index contributed by atoms with van der Waals surface area (Å²) in [6.07, 6.45) is 10.3. The van der Waals surface area contributed by atoms with Gasteiger partial charge in [0.15, 0.2) is 0 Å². The molecular formula is C20H31NO2. The lowest BCUT2D eigenvalue weighted by atomic mass is 10.0. The molecule has 0 heterocycles. The number of carbonyl (C=O) groups excluding carboxylic acids is 2. The minimum absolute atomic E-state index is 0.00661. The maximum absolute atomic E-state index is 11.8. The first-order chi connectivity index (χ1) is 11.2. The van der Waals surface area contributed by atoms with Gasteiger partial charge in [-0.2, -0.15) is 0 Å². The van der Waals surface area contributed by atoms with E-state index in [0.29, 0.717) is 17.9 Å². The molecular weight excluding hydrogens is 286 g/mol. The van der Waals surface area contributed by atoms with Crippen LogP contribution in [0.1, 0.15) is 81.5 Å². The van der Waals surface area contributed by atoms with Crippen molar-refractivity contribution in [1.82, 2.24) is 5.32 Å². The van der Waals surface area contributed by atoms with Gasteiger partial charge in [-0.3, -0.25) is 9.59 Å². The molecule has 1 aromatic rings. The van der Waals surface area contributed by atoms with Crippen molar-refractivity contribution in [2.45, 2.75) is 71.1 Å². The molecule has 0 atom stereocenters. The van der Waals surface area contributed by atoms with Gasteiger partial charge in [-0.25, -0.2) is 0 Å². The first kappa shape index (κ1) is 19.4. The van der Waals surface area contributed by atoms with E-state index < -0.39 is 0 Å². The smallest absolute Gasteiger partial charge is 0.251 e. The molecule has 0 aliphatic carbocycles. The van der Waals surface area contributed by atoms with Crippen molar-refractivity contribution in [3.8, 4) is 0 Å². The van der Waals surface area contributed by atoms with Gasteiger partial charge in [0.25, 0.3) is 5.91 Å². The van der Waals surface area contributed by atoms with Gasteiger partial charge in [0, 0.05) is 24.9 Å². The Morgan fingerprint density at radius 3 is 2.09 bits per heavy atom. The van der Waals surface area contributed by atoms with Gasteiger partial charge in [0.05, 0.1) is 0 Å². The molecule has 1 rings (SSSR count). The van der Waals surface area contributed by atoms with E-state index in [1.807, 2.05) is 30.3 Å². The van der Waals surface area contributed by atoms with Crippen LogP contribution in [0.5, 0.6) is 0 Å². The Balaban J connectivity index is 1.93. The van der Waals surface area contributed by atoms with Crippen molar-refractivity contribution >= 4 is 11.7 Å². The highest BCUT2D eigenvalue weighted by molar-refractivity contribution is 5.94. The number of benzene rings is 1. The van der Waals surface area contributed by atoms with Gasteiger partial charge in [0.1, 0.15) is 5.78 Å². The minimum atomic E-state index is -0.00661. The van der Waals surface area contributed by atoms with Crippen LogP contribution in [0, 0.1) is 0 Å². The summed E-state index contributed by atoms with van der Waals surface area (Å²) in [5.41, 5.74) is 0.709. The van der Waals surface area contributed by atoms with Crippen LogP contribution >= 0.6 is 0 Å². The fraction of sp³-hybridized carbons (Fsp3) is 0.600. The Kier molecular flexibility index (Phi) is 10.9. The molecule has 0 bridgehead atoms. The van der Waals surface area contributed by atoms with Crippen LogP contribution < -0.4 is 5.32 Å². The second-order valence-electron chi connectivity index (χ2n) is 6.14. The molecule has 3 heteroatoms. The van der Waals surface area contributed by atoms with Crippen LogP contribution in [0.2, 0.25) is 0 Å². The number of unbranched alkanes of at least 4 members (excludes halogenated alkanes) is 6. The lowest BCUT2D eigenvalue weighted by Crippen LogP contribution is -2.24. The topological polar surface area (TPSA) is 46.2 Å². The molecule has 0 saturated carbocycles. The number of hydrogen-bond acceptors (Lipinski definition) is 2. The van der Waals surface area contributed by atoms with E-state index in [1.54, 1.807) is 0 Å². The standard InChI is InChI=1S/C20H31NO2/c1-2-3-4-10-15-19(22)16-11-5-6-12-17-21-20(23)18-13-8-7-9-14-18/h7-9,13-14H,2-6,10-12,15-17H2,1H3,(H,21,23). The number of rotatable bonds is 13. The number of Topliss-reactive ketones (excluding diaryl/α,β-unsaturated/α-hetero) is 1. The first-order valence-corrected chi connectivity index (χ1v) is 9.09. The second-order valence-corrected chi connectivity index (χ2v) is 6.14. The third-order valence-corrected chi connectivity index (χ3v) is 4.01. The van der Waals surface area contributed by atoms with Gasteiger partial charge in [-0.1, -0.05) is 57.2 Å². The maximum Gasteiger partial charge on any atom is 0.251 e. The van der Waals surface area contributed by atoms with Crippen molar-refractivity contribution in [3.63, 3.8) is 0 Å². The molecule has 0 aliphatic heterocycles. The zero-order chi connectivity index (χ0) is 16.8. The van der Waals surface area contributed by atoms with Crippen molar-refractivity contribution in [3.05, 3.63) is 35.9 Å². The van der Waals surface area contributed by atoms with Crippen LogP contribution in [0.25, 0.3) is 0 Å². The quantitative estimate of drug-likeness (QED) is 0.526. The largest absolute Gasteiger partial charge is 0.352 e. The van der Waals surface area contributed by atoms with Gasteiger partial charge in [-0.15, -0.1) is 0 Å². The predicted molar refractivity (Wildman–Crippen MR) is 95.6 cm³/mol. The molecule has 0 fully saturated rings. The van der Waals surface area contributed by atoms with Gasteiger partial charge in [-0.05, 0) is 31.4 Å². The van der Waals surface area contributed by atoms with E-state index in [2.05, 4.69) is 12.2 Å². The second kappa shape index (κ2) is 12.9. The number of amides is 1. The third-order valence-electron chi connectivity index (χ3n) is 4.01. The van der Waals surface area contributed by atoms with Gasteiger partial charge >= 0.3 is 0 Å². The molecule has 0 radical (unpaired) electrons. The van der Waals surface area contributed by atoms with Gasteiger partial charge < -0.3 is 5.32 Å². The molecule has 1 N–H and O–H groups in total. The summed E-state index contributed by atoms with van der Waals surface area (Å²) in [6, 6.07) is 9.28. The van der Waals surface area contributed by atoms with E-state index in [1.165, 1.54) is 19.3 Å². The van der Waals surface area contributed by atoms with Gasteiger partial charge in [0.2, 0.25) is 0 Å². The molecule has 0 spiro atoms. The van der Waals surface area contributed by atoms with Crippen LogP contribution in [0.4, 0.5) is 0 Å². The average molecular weight is 317 g/mol. The first-order valence-electron chi connectivity index (χ1n) is 9.09. The Hall–Kier alpha value is -1.64. The summed E-state index contributed by atoms with van der Waals surface area (Å²) >= 11 is 0. The van der Waals surface area contributed by atoms with Crippen molar-refractivity contribution in [2.75, 3.05) is 6.54 Å².